The maximum absolute atomic E-state index is 13.7. The van der Waals surface area contributed by atoms with E-state index in [1.165, 1.54) is 18.9 Å². The smallest absolute Gasteiger partial charge is 0.149 e. The van der Waals surface area contributed by atoms with Crippen LogP contribution in [-0.4, -0.2) is 30.1 Å². The average molecular weight is 317 g/mol. The van der Waals surface area contributed by atoms with Crippen molar-refractivity contribution in [1.82, 2.24) is 4.90 Å². The predicted molar refractivity (Wildman–Crippen MR) is 70.7 cm³/mol. The van der Waals surface area contributed by atoms with Gasteiger partial charge in [0.15, 0.2) is 0 Å². The van der Waals surface area contributed by atoms with Crippen LogP contribution in [0.15, 0.2) is 16.6 Å². The summed E-state index contributed by atoms with van der Waals surface area (Å²) in [5.74, 6) is -1.08. The van der Waals surface area contributed by atoms with Crippen molar-refractivity contribution >= 4 is 21.6 Å². The third kappa shape index (κ3) is 2.14. The zero-order chi connectivity index (χ0) is 12.7. The molecule has 1 N–H and O–H groups in total. The Bertz CT molecular complexity index is 467. The molecule has 1 aromatic rings. The summed E-state index contributed by atoms with van der Waals surface area (Å²) in [7, 11) is 0. The van der Waals surface area contributed by atoms with Gasteiger partial charge in [-0.2, -0.15) is 0 Å². The summed E-state index contributed by atoms with van der Waals surface area (Å²) in [5.41, 5.74) is 0.391. The van der Waals surface area contributed by atoms with E-state index in [-0.39, 0.29) is 6.04 Å². The fourth-order valence-corrected chi connectivity index (χ4v) is 3.43. The van der Waals surface area contributed by atoms with Gasteiger partial charge in [-0.15, -0.1) is 0 Å². The van der Waals surface area contributed by atoms with Crippen molar-refractivity contribution < 1.29 is 8.78 Å². The number of benzene rings is 1. The lowest BCUT2D eigenvalue weighted by Gasteiger charge is -2.22. The number of nitrogens with zero attached hydrogens (tertiary/aromatic N) is 1. The highest BCUT2D eigenvalue weighted by Crippen LogP contribution is 2.32. The third-order valence-electron chi connectivity index (χ3n) is 3.96. The van der Waals surface area contributed by atoms with E-state index in [0.717, 1.165) is 25.6 Å². The van der Waals surface area contributed by atoms with Crippen LogP contribution < -0.4 is 5.32 Å². The first-order valence-corrected chi connectivity index (χ1v) is 7.09. The number of anilines is 1. The monoisotopic (exact) mass is 316 g/mol. The van der Waals surface area contributed by atoms with E-state index in [1.807, 2.05) is 0 Å². The van der Waals surface area contributed by atoms with Gasteiger partial charge in [0.05, 0.1) is 10.2 Å². The summed E-state index contributed by atoms with van der Waals surface area (Å²) in [4.78, 5) is 2.45. The summed E-state index contributed by atoms with van der Waals surface area (Å²) < 4.78 is 27.2. The van der Waals surface area contributed by atoms with E-state index >= 15 is 0 Å². The molecular weight excluding hydrogens is 302 g/mol. The van der Waals surface area contributed by atoms with Gasteiger partial charge in [-0.1, -0.05) is 0 Å². The molecule has 0 aliphatic carbocycles. The van der Waals surface area contributed by atoms with Crippen LogP contribution in [0.3, 0.4) is 0 Å². The van der Waals surface area contributed by atoms with E-state index < -0.39 is 11.6 Å². The second kappa shape index (κ2) is 4.78. The van der Waals surface area contributed by atoms with Gasteiger partial charge in [-0.25, -0.2) is 8.78 Å². The zero-order valence-electron chi connectivity index (χ0n) is 9.93. The number of rotatable bonds is 2. The van der Waals surface area contributed by atoms with Crippen LogP contribution in [0.25, 0.3) is 0 Å². The van der Waals surface area contributed by atoms with E-state index in [4.69, 9.17) is 0 Å². The summed E-state index contributed by atoms with van der Waals surface area (Å²) in [6.07, 6.45) is 3.42. The van der Waals surface area contributed by atoms with Gasteiger partial charge in [-0.3, -0.25) is 4.90 Å². The SMILES string of the molecule is Fc1cc(F)c(NC2CCN3CCCC23)cc1Br. The van der Waals surface area contributed by atoms with Gasteiger partial charge in [0, 0.05) is 24.7 Å². The first kappa shape index (κ1) is 12.4. The summed E-state index contributed by atoms with van der Waals surface area (Å²) in [6.45, 7) is 2.23. The molecule has 2 aliphatic heterocycles. The lowest BCUT2D eigenvalue weighted by molar-refractivity contribution is 0.318. The highest BCUT2D eigenvalue weighted by Gasteiger charge is 2.37. The molecule has 1 aromatic carbocycles. The molecule has 2 atom stereocenters. The van der Waals surface area contributed by atoms with Crippen molar-refractivity contribution in [3.05, 3.63) is 28.2 Å². The van der Waals surface area contributed by atoms with Gasteiger partial charge < -0.3 is 5.32 Å². The third-order valence-corrected chi connectivity index (χ3v) is 4.56. The topological polar surface area (TPSA) is 15.3 Å². The zero-order valence-corrected chi connectivity index (χ0v) is 11.5. The summed E-state index contributed by atoms with van der Waals surface area (Å²) >= 11 is 3.09. The molecule has 5 heteroatoms. The minimum Gasteiger partial charge on any atom is -0.378 e. The number of fused-ring (bicyclic) bond motifs is 1. The molecule has 2 aliphatic rings. The van der Waals surface area contributed by atoms with Crippen LogP contribution in [0.4, 0.5) is 14.5 Å². The molecule has 0 aromatic heterocycles. The normalized spacial score (nSPS) is 27.5. The number of hydrogen-bond acceptors (Lipinski definition) is 2. The van der Waals surface area contributed by atoms with Gasteiger partial charge in [0.2, 0.25) is 0 Å². The molecule has 0 saturated carbocycles. The Morgan fingerprint density at radius 1 is 1.17 bits per heavy atom. The molecule has 2 nitrogen and oxygen atoms in total. The Morgan fingerprint density at radius 2 is 2.00 bits per heavy atom. The summed E-state index contributed by atoms with van der Waals surface area (Å²) in [5, 5.41) is 3.24. The van der Waals surface area contributed by atoms with Crippen molar-refractivity contribution in [3.63, 3.8) is 0 Å². The average Bonchev–Trinajstić information content (AvgIpc) is 2.90. The van der Waals surface area contributed by atoms with Gasteiger partial charge in [-0.05, 0) is 47.8 Å². The highest BCUT2D eigenvalue weighted by molar-refractivity contribution is 9.10. The second-order valence-corrected chi connectivity index (χ2v) is 5.89. The molecule has 2 fully saturated rings. The Morgan fingerprint density at radius 3 is 2.83 bits per heavy atom. The van der Waals surface area contributed by atoms with Crippen LogP contribution in [-0.2, 0) is 0 Å². The van der Waals surface area contributed by atoms with Crippen molar-refractivity contribution in [2.45, 2.75) is 31.3 Å². The molecular formula is C13H15BrF2N2. The molecule has 0 radical (unpaired) electrons. The number of halogens is 3. The molecule has 3 rings (SSSR count). The van der Waals surface area contributed by atoms with E-state index in [1.54, 1.807) is 0 Å². The van der Waals surface area contributed by atoms with E-state index in [9.17, 15) is 8.78 Å². The first-order valence-electron chi connectivity index (χ1n) is 6.30. The molecule has 18 heavy (non-hydrogen) atoms. The van der Waals surface area contributed by atoms with Crippen LogP contribution in [0.5, 0.6) is 0 Å². The molecule has 2 saturated heterocycles. The van der Waals surface area contributed by atoms with Crippen molar-refractivity contribution in [2.24, 2.45) is 0 Å². The predicted octanol–water partition coefficient (Wildman–Crippen LogP) is 3.38. The minimum absolute atomic E-state index is 0.277. The first-order chi connectivity index (χ1) is 8.65. The Hall–Kier alpha value is -0.680. The minimum atomic E-state index is -0.563. The Balaban J connectivity index is 1.78. The fourth-order valence-electron chi connectivity index (χ4n) is 3.08. The van der Waals surface area contributed by atoms with E-state index in [2.05, 4.69) is 26.1 Å². The lowest BCUT2D eigenvalue weighted by Crippen LogP contribution is -2.34. The Kier molecular flexibility index (Phi) is 3.28. The number of nitrogens with one attached hydrogen (secondary N) is 1. The van der Waals surface area contributed by atoms with E-state index in [0.29, 0.717) is 16.2 Å². The van der Waals surface area contributed by atoms with Crippen LogP contribution in [0.1, 0.15) is 19.3 Å². The summed E-state index contributed by atoms with van der Waals surface area (Å²) in [6, 6.07) is 3.20. The van der Waals surface area contributed by atoms with Gasteiger partial charge >= 0.3 is 0 Å². The highest BCUT2D eigenvalue weighted by atomic mass is 79.9. The molecule has 98 valence electrons. The standard InChI is InChI=1S/C13H15BrF2N2/c14-8-6-12(10(16)7-9(8)15)17-11-3-5-18-4-1-2-13(11)18/h6-7,11,13,17H,1-5H2. The van der Waals surface area contributed by atoms with Crippen LogP contribution in [0, 0.1) is 11.6 Å². The maximum atomic E-state index is 13.7. The maximum Gasteiger partial charge on any atom is 0.149 e. The van der Waals surface area contributed by atoms with Crippen molar-refractivity contribution in [3.8, 4) is 0 Å². The molecule has 2 heterocycles. The molecule has 2 unspecified atom stereocenters. The number of hydrogen-bond donors (Lipinski definition) is 1. The van der Waals surface area contributed by atoms with Gasteiger partial charge in [0.1, 0.15) is 11.6 Å². The van der Waals surface area contributed by atoms with Crippen molar-refractivity contribution in [2.75, 3.05) is 18.4 Å². The largest absolute Gasteiger partial charge is 0.378 e. The van der Waals surface area contributed by atoms with Crippen LogP contribution in [0.2, 0.25) is 0 Å². The quantitative estimate of drug-likeness (QED) is 0.841. The molecule has 0 bridgehead atoms. The Labute approximate surface area is 113 Å². The molecule has 0 spiro atoms. The van der Waals surface area contributed by atoms with Gasteiger partial charge in [0.25, 0.3) is 0 Å². The molecule has 0 amide bonds. The van der Waals surface area contributed by atoms with Crippen molar-refractivity contribution in [1.29, 1.82) is 0 Å². The lowest BCUT2D eigenvalue weighted by atomic mass is 10.1. The van der Waals surface area contributed by atoms with Crippen LogP contribution >= 0.6 is 15.9 Å². The second-order valence-electron chi connectivity index (χ2n) is 5.03. The fraction of sp³-hybridized carbons (Fsp3) is 0.538.